The first-order valence-electron chi connectivity index (χ1n) is 11.0. The fraction of sp³-hybridized carbons (Fsp3) is 1.00. The number of fused-ring (bicyclic) bond motifs is 4. The second-order valence-electron chi connectivity index (χ2n) is 11.2. The molecule has 8 atom stereocenters. The average Bonchev–Trinajstić information content (AvgIpc) is 2.61. The first-order valence-corrected chi connectivity index (χ1v) is 13.0. The van der Waals surface area contributed by atoms with Crippen LogP contribution in [0.5, 0.6) is 0 Å². The van der Waals surface area contributed by atoms with Crippen LogP contribution in [0.15, 0.2) is 0 Å². The van der Waals surface area contributed by atoms with Crippen LogP contribution in [0.25, 0.3) is 0 Å². The highest BCUT2D eigenvalue weighted by atomic mass is 79.9. The molecule has 6 fully saturated rings. The van der Waals surface area contributed by atoms with Gasteiger partial charge in [0.05, 0.1) is 0 Å². The lowest BCUT2D eigenvalue weighted by Crippen LogP contribution is -2.59. The van der Waals surface area contributed by atoms with E-state index >= 15 is 0 Å². The molecule has 4 bridgehead atoms. The number of rotatable bonds is 6. The van der Waals surface area contributed by atoms with Gasteiger partial charge in [-0.2, -0.15) is 15.8 Å². The molecule has 0 heterocycles. The molecule has 6 aliphatic carbocycles. The Hall–Kier alpha value is 1.12. The normalized spacial score (nSPS) is 47.7. The van der Waals surface area contributed by atoms with Gasteiger partial charge in [-0.05, 0) is 83.7 Å². The summed E-state index contributed by atoms with van der Waals surface area (Å²) in [6, 6.07) is 0. The minimum absolute atomic E-state index is 0.548. The van der Waals surface area contributed by atoms with E-state index in [1.165, 1.54) is 38.5 Å². The number of halogens is 3. The zero-order valence-corrected chi connectivity index (χ0v) is 20.1. The molecule has 0 unspecified atom stereocenters. The lowest BCUT2D eigenvalue weighted by molar-refractivity contribution is -0.112. The van der Waals surface area contributed by atoms with Crippen molar-refractivity contribution in [1.82, 2.24) is 0 Å². The van der Waals surface area contributed by atoms with Gasteiger partial charge in [0, 0.05) is 11.8 Å². The molecule has 148 valence electrons. The molecule has 0 saturated heterocycles. The first-order chi connectivity index (χ1) is 12.2. The third-order valence-electron chi connectivity index (χ3n) is 10.0. The fourth-order valence-electron chi connectivity index (χ4n) is 8.10. The van der Waals surface area contributed by atoms with E-state index in [1.54, 1.807) is 0 Å². The van der Waals surface area contributed by atoms with Gasteiger partial charge < -0.3 is 0 Å². The van der Waals surface area contributed by atoms with Crippen molar-refractivity contribution in [2.75, 3.05) is 11.8 Å². The van der Waals surface area contributed by atoms with Crippen LogP contribution in [0, 0.1) is 46.3 Å². The van der Waals surface area contributed by atoms with E-state index in [2.05, 4.69) is 43.5 Å². The predicted molar refractivity (Wildman–Crippen MR) is 120 cm³/mol. The second kappa shape index (κ2) is 7.12. The van der Waals surface area contributed by atoms with Gasteiger partial charge in [-0.25, -0.2) is 0 Å². The molecule has 0 amide bonds. The van der Waals surface area contributed by atoms with E-state index in [9.17, 15) is 0 Å². The van der Waals surface area contributed by atoms with Gasteiger partial charge in [0.15, 0.2) is 0 Å². The molecule has 0 nitrogen and oxygen atoms in total. The first kappa shape index (κ1) is 20.4. The highest BCUT2D eigenvalue weighted by molar-refractivity contribution is 9.24. The highest BCUT2D eigenvalue weighted by Crippen LogP contribution is 2.71. The van der Waals surface area contributed by atoms with Crippen molar-refractivity contribution < 1.29 is 0 Å². The van der Waals surface area contributed by atoms with Crippen molar-refractivity contribution in [2.24, 2.45) is 46.3 Å². The van der Waals surface area contributed by atoms with Crippen molar-refractivity contribution in [3.63, 3.8) is 0 Å². The van der Waals surface area contributed by atoms with Gasteiger partial charge in [-0.3, -0.25) is 0 Å². The molecule has 0 spiro atoms. The molecular formula is C22H36BBrCl2. The maximum atomic E-state index is 6.28. The van der Waals surface area contributed by atoms with Crippen LogP contribution < -0.4 is 0 Å². The summed E-state index contributed by atoms with van der Waals surface area (Å²) in [4.78, 5) is 0. The maximum absolute atomic E-state index is 6.28. The molecule has 0 N–H and O–H groups in total. The van der Waals surface area contributed by atoms with E-state index < -0.39 is 0 Å². The smallest absolute Gasteiger partial charge is 0.156 e. The second-order valence-corrected chi connectivity index (χ2v) is 13.1. The van der Waals surface area contributed by atoms with Crippen molar-refractivity contribution in [3.8, 4) is 0 Å². The van der Waals surface area contributed by atoms with Crippen molar-refractivity contribution in [3.05, 3.63) is 0 Å². The van der Waals surface area contributed by atoms with E-state index in [1.807, 2.05) is 0 Å². The van der Waals surface area contributed by atoms with Gasteiger partial charge in [0.2, 0.25) is 5.54 Å². The highest BCUT2D eigenvalue weighted by Gasteiger charge is 2.63. The summed E-state index contributed by atoms with van der Waals surface area (Å²) in [5, 5.41) is 0. The molecule has 6 aliphatic rings. The van der Waals surface area contributed by atoms with Crippen molar-refractivity contribution in [2.45, 2.75) is 77.9 Å². The van der Waals surface area contributed by atoms with Crippen LogP contribution in [-0.4, -0.2) is 17.3 Å². The lowest BCUT2D eigenvalue weighted by Gasteiger charge is -2.66. The van der Waals surface area contributed by atoms with Gasteiger partial charge in [0.1, 0.15) is 0 Å². The molecule has 4 heteroatoms. The minimum Gasteiger partial charge on any atom is -0.156 e. The summed E-state index contributed by atoms with van der Waals surface area (Å²) < 4.78 is 0. The quantitative estimate of drug-likeness (QED) is 0.280. The molecular weight excluding hydrogens is 426 g/mol. The Morgan fingerprint density at radius 1 is 0.769 bits per heavy atom. The number of hydrogen-bond donors (Lipinski definition) is 0. The summed E-state index contributed by atoms with van der Waals surface area (Å²) in [6.07, 6.45) is 8.17. The molecule has 0 aromatic rings. The van der Waals surface area contributed by atoms with Gasteiger partial charge in [-0.15, -0.1) is 23.2 Å². The fourth-order valence-corrected chi connectivity index (χ4v) is 9.82. The Labute approximate surface area is 180 Å². The van der Waals surface area contributed by atoms with Gasteiger partial charge >= 0.3 is 0 Å². The molecule has 0 aromatic heterocycles. The summed E-state index contributed by atoms with van der Waals surface area (Å²) in [5.74, 6) is 8.60. The third-order valence-corrected chi connectivity index (χ3v) is 11.8. The van der Waals surface area contributed by atoms with Crippen molar-refractivity contribution in [1.29, 1.82) is 0 Å². The van der Waals surface area contributed by atoms with E-state index in [0.717, 1.165) is 58.9 Å². The molecule has 6 saturated carbocycles. The molecule has 0 radical (unpaired) electrons. The summed E-state index contributed by atoms with van der Waals surface area (Å²) in [5.41, 5.74) is 1.77. The van der Waals surface area contributed by atoms with E-state index in [0.29, 0.717) is 16.4 Å². The van der Waals surface area contributed by atoms with E-state index in [4.69, 9.17) is 23.2 Å². The number of hydrogen-bond acceptors (Lipinski definition) is 0. The Morgan fingerprint density at radius 2 is 1.15 bits per heavy atom. The lowest BCUT2D eigenvalue weighted by atomic mass is 9.30. The average molecular weight is 462 g/mol. The Morgan fingerprint density at radius 3 is 1.46 bits per heavy atom. The molecule has 26 heavy (non-hydrogen) atoms. The van der Waals surface area contributed by atoms with Crippen LogP contribution in [0.4, 0.5) is 0 Å². The largest absolute Gasteiger partial charge is 0.229 e. The summed E-state index contributed by atoms with van der Waals surface area (Å²) in [7, 11) is 0. The van der Waals surface area contributed by atoms with Crippen molar-refractivity contribution >= 4 is 44.5 Å². The minimum atomic E-state index is 0.548. The monoisotopic (exact) mass is 460 g/mol. The summed E-state index contributed by atoms with van der Waals surface area (Å²) >= 11 is 16.9. The topological polar surface area (TPSA) is 0 Å². The van der Waals surface area contributed by atoms with Gasteiger partial charge in [0.25, 0.3) is 0 Å². The molecule has 0 aromatic carbocycles. The van der Waals surface area contributed by atoms with E-state index in [-0.39, 0.29) is 0 Å². The van der Waals surface area contributed by atoms with Crippen LogP contribution in [0.1, 0.15) is 66.2 Å². The zero-order valence-electron chi connectivity index (χ0n) is 17.0. The van der Waals surface area contributed by atoms with Crippen LogP contribution in [0.3, 0.4) is 0 Å². The predicted octanol–water partition coefficient (Wildman–Crippen LogP) is 7.74. The van der Waals surface area contributed by atoms with Crippen LogP contribution in [-0.2, 0) is 0 Å². The van der Waals surface area contributed by atoms with Crippen LogP contribution >= 0.6 is 39.0 Å². The van der Waals surface area contributed by atoms with Gasteiger partial charge in [-0.1, -0.05) is 40.5 Å². The molecule has 0 aliphatic heterocycles. The van der Waals surface area contributed by atoms with Crippen LogP contribution in [0.2, 0.25) is 11.6 Å². The standard InChI is InChI=1S/C22H36BBrCl2/c1-21(2)13-9-17(21)15(5-7-25)19(11-13)23(24)20-12-14-10-18(22(14,3)4)16(20)6-8-26/h13-20H,5-12H2,1-4H3/t13-,14-,15+,16+,17+,18+,19+,20+/m0/s1. The summed E-state index contributed by atoms with van der Waals surface area (Å²) in [6.45, 7) is 10.1. The Balaban J connectivity index is 1.54. The Kier molecular flexibility index (Phi) is 5.59. The zero-order chi connectivity index (χ0) is 18.9. The Bertz CT molecular complexity index is 490. The third kappa shape index (κ3) is 2.89. The maximum Gasteiger partial charge on any atom is 0.229 e. The SMILES string of the molecule is CC1(C)[C@H]2C[C@@H]1[C@@H](CCCl)[C@H](B(Br)[C@@H]1C[C@@H]3C[C@H]([C@H]1CCCl)C3(C)C)C2. The number of alkyl halides is 2. The molecule has 6 rings (SSSR count).